The number of amides is 1. The van der Waals surface area contributed by atoms with E-state index in [0.29, 0.717) is 17.8 Å². The molecule has 0 saturated carbocycles. The quantitative estimate of drug-likeness (QED) is 0.705. The number of benzene rings is 2. The van der Waals surface area contributed by atoms with Crippen LogP contribution in [0.3, 0.4) is 0 Å². The van der Waals surface area contributed by atoms with E-state index >= 15 is 0 Å². The number of anilines is 1. The van der Waals surface area contributed by atoms with Gasteiger partial charge in [0.2, 0.25) is 0 Å². The second kappa shape index (κ2) is 7.23. The summed E-state index contributed by atoms with van der Waals surface area (Å²) < 4.78 is 12.4. The van der Waals surface area contributed by atoms with Crippen LogP contribution in [0, 0.1) is 0 Å². The molecule has 1 aromatic heterocycles. The molecule has 0 radical (unpaired) electrons. The van der Waals surface area contributed by atoms with E-state index in [-0.39, 0.29) is 5.91 Å². The van der Waals surface area contributed by atoms with Gasteiger partial charge in [-0.15, -0.1) is 0 Å². The Kier molecular flexibility index (Phi) is 4.61. The van der Waals surface area contributed by atoms with E-state index in [0.717, 1.165) is 22.2 Å². The highest BCUT2D eigenvalue weighted by Gasteiger charge is 2.26. The third kappa shape index (κ3) is 3.24. The van der Waals surface area contributed by atoms with E-state index in [9.17, 15) is 9.59 Å². The summed E-state index contributed by atoms with van der Waals surface area (Å²) >= 11 is 0. The Hall–Kier alpha value is -3.54. The van der Waals surface area contributed by atoms with Crippen LogP contribution in [-0.2, 0) is 21.3 Å². The topological polar surface area (TPSA) is 69.6 Å². The molecule has 142 valence electrons. The summed E-state index contributed by atoms with van der Waals surface area (Å²) in [7, 11) is 3.15. The Morgan fingerprint density at radius 3 is 2.68 bits per heavy atom. The smallest absolute Gasteiger partial charge is 0.354 e. The summed E-state index contributed by atoms with van der Waals surface area (Å²) in [5.41, 5.74) is 2.94. The summed E-state index contributed by atoms with van der Waals surface area (Å²) in [5.74, 6) is 0.121. The zero-order chi connectivity index (χ0) is 19.7. The zero-order valence-corrected chi connectivity index (χ0v) is 15.6. The van der Waals surface area contributed by atoms with Gasteiger partial charge in [-0.1, -0.05) is 30.3 Å². The molecule has 1 atom stereocenters. The van der Waals surface area contributed by atoms with E-state index in [1.54, 1.807) is 17.7 Å². The van der Waals surface area contributed by atoms with Gasteiger partial charge in [-0.05, 0) is 30.3 Å². The monoisotopic (exact) mass is 376 g/mol. The Bertz CT molecular complexity index is 1080. The molecule has 1 N–H and O–H groups in total. The van der Waals surface area contributed by atoms with Crippen molar-refractivity contribution in [3.8, 4) is 0 Å². The normalized spacial score (nSPS) is 15.8. The van der Waals surface area contributed by atoms with Crippen LogP contribution >= 0.6 is 0 Å². The van der Waals surface area contributed by atoms with Crippen LogP contribution in [0.15, 0.2) is 60.7 Å². The second-order valence-corrected chi connectivity index (χ2v) is 6.62. The first-order chi connectivity index (χ1) is 13.6. The molecule has 2 aromatic carbocycles. The molecule has 4 rings (SSSR count). The number of hydrogen-bond donors (Lipinski definition) is 1. The van der Waals surface area contributed by atoms with Gasteiger partial charge in [0, 0.05) is 35.6 Å². The molecule has 0 saturated heterocycles. The van der Waals surface area contributed by atoms with Crippen molar-refractivity contribution >= 4 is 34.2 Å². The van der Waals surface area contributed by atoms with Gasteiger partial charge in [0.15, 0.2) is 6.10 Å². The van der Waals surface area contributed by atoms with Gasteiger partial charge in [-0.25, -0.2) is 4.79 Å². The summed E-state index contributed by atoms with van der Waals surface area (Å²) in [5, 5.41) is 3.74. The average molecular weight is 376 g/mol. The number of carbonyl (C=O) groups is 2. The van der Waals surface area contributed by atoms with Crippen LogP contribution in [-0.4, -0.2) is 29.7 Å². The van der Waals surface area contributed by atoms with Crippen molar-refractivity contribution in [1.29, 1.82) is 0 Å². The fraction of sp³-hybridized carbons (Fsp3) is 0.182. The lowest BCUT2D eigenvalue weighted by atomic mass is 10.2. The number of carbonyl (C=O) groups excluding carboxylic acids is 2. The summed E-state index contributed by atoms with van der Waals surface area (Å²) in [4.78, 5) is 24.5. The Labute approximate surface area is 162 Å². The van der Waals surface area contributed by atoms with Crippen molar-refractivity contribution < 1.29 is 19.1 Å². The maximum atomic E-state index is 12.6. The Morgan fingerprint density at radius 2 is 1.93 bits per heavy atom. The molecular formula is C22H20N2O4. The number of rotatable bonds is 4. The van der Waals surface area contributed by atoms with Crippen LogP contribution in [0.4, 0.5) is 5.69 Å². The molecule has 6 heteroatoms. The highest BCUT2D eigenvalue weighted by Crippen LogP contribution is 2.28. The average Bonchev–Trinajstić information content (AvgIpc) is 3.33. The Balaban J connectivity index is 1.48. The summed E-state index contributed by atoms with van der Waals surface area (Å²) in [6, 6.07) is 17.0. The van der Waals surface area contributed by atoms with Gasteiger partial charge in [-0.2, -0.15) is 0 Å². The minimum absolute atomic E-state index is 0.203. The number of methoxy groups -OCH3 is 1. The minimum atomic E-state index is -0.563. The van der Waals surface area contributed by atoms with Gasteiger partial charge in [0.1, 0.15) is 11.5 Å². The maximum Gasteiger partial charge on any atom is 0.354 e. The molecule has 0 aliphatic carbocycles. The summed E-state index contributed by atoms with van der Waals surface area (Å²) in [6.07, 6.45) is 1.89. The molecule has 0 fully saturated rings. The molecular weight excluding hydrogens is 356 g/mol. The van der Waals surface area contributed by atoms with Crippen molar-refractivity contribution in [1.82, 2.24) is 4.57 Å². The minimum Gasteiger partial charge on any atom is -0.480 e. The van der Waals surface area contributed by atoms with Gasteiger partial charge in [-0.3, -0.25) is 4.79 Å². The summed E-state index contributed by atoms with van der Waals surface area (Å²) in [6.45, 7) is 0. The highest BCUT2D eigenvalue weighted by molar-refractivity contribution is 6.00. The van der Waals surface area contributed by atoms with Crippen molar-refractivity contribution in [2.24, 2.45) is 7.05 Å². The lowest BCUT2D eigenvalue weighted by Gasteiger charge is -2.14. The predicted octanol–water partition coefficient (Wildman–Crippen LogP) is 3.73. The fourth-order valence-corrected chi connectivity index (χ4v) is 3.36. The lowest BCUT2D eigenvalue weighted by Crippen LogP contribution is -2.27. The third-order valence-corrected chi connectivity index (χ3v) is 4.84. The predicted molar refractivity (Wildman–Crippen MR) is 107 cm³/mol. The number of aryl methyl sites for hydroxylation is 1. The van der Waals surface area contributed by atoms with E-state index in [1.807, 2.05) is 54.6 Å². The number of nitrogens with zero attached hydrogens (tertiary/aromatic N) is 1. The van der Waals surface area contributed by atoms with E-state index < -0.39 is 12.1 Å². The number of hydrogen-bond acceptors (Lipinski definition) is 4. The van der Waals surface area contributed by atoms with Crippen molar-refractivity contribution in [2.75, 3.05) is 12.4 Å². The largest absolute Gasteiger partial charge is 0.480 e. The van der Waals surface area contributed by atoms with E-state index in [4.69, 9.17) is 9.47 Å². The number of fused-ring (bicyclic) bond motifs is 1. The molecule has 1 aliphatic rings. The van der Waals surface area contributed by atoms with Crippen molar-refractivity contribution in [3.63, 3.8) is 0 Å². The zero-order valence-electron chi connectivity index (χ0n) is 15.6. The maximum absolute atomic E-state index is 12.6. The first-order valence-corrected chi connectivity index (χ1v) is 8.97. The number of esters is 1. The molecule has 1 unspecified atom stereocenters. The number of ether oxygens (including phenoxy) is 2. The highest BCUT2D eigenvalue weighted by atomic mass is 16.5. The van der Waals surface area contributed by atoms with Gasteiger partial charge < -0.3 is 19.4 Å². The SMILES string of the molecule is COC(=O)c1cc2cc(NC(=O)C3CC=C(c4ccccc4)O3)ccc2n1C. The van der Waals surface area contributed by atoms with Gasteiger partial charge >= 0.3 is 5.97 Å². The molecule has 1 aliphatic heterocycles. The van der Waals surface area contributed by atoms with Gasteiger partial charge in [0.05, 0.1) is 7.11 Å². The van der Waals surface area contributed by atoms with Gasteiger partial charge in [0.25, 0.3) is 5.91 Å². The van der Waals surface area contributed by atoms with Crippen molar-refractivity contribution in [3.05, 3.63) is 71.9 Å². The number of nitrogens with one attached hydrogen (secondary N) is 1. The fourth-order valence-electron chi connectivity index (χ4n) is 3.36. The molecule has 28 heavy (non-hydrogen) atoms. The second-order valence-electron chi connectivity index (χ2n) is 6.62. The van der Waals surface area contributed by atoms with Crippen LogP contribution < -0.4 is 5.32 Å². The lowest BCUT2D eigenvalue weighted by molar-refractivity contribution is -0.123. The third-order valence-electron chi connectivity index (χ3n) is 4.84. The molecule has 0 bridgehead atoms. The van der Waals surface area contributed by atoms with Crippen LogP contribution in [0.5, 0.6) is 0 Å². The molecule has 0 spiro atoms. The van der Waals surface area contributed by atoms with Crippen LogP contribution in [0.2, 0.25) is 0 Å². The number of aromatic nitrogens is 1. The first kappa shape index (κ1) is 17.9. The molecule has 1 amide bonds. The Morgan fingerprint density at radius 1 is 1.14 bits per heavy atom. The van der Waals surface area contributed by atoms with Crippen LogP contribution in [0.25, 0.3) is 16.7 Å². The van der Waals surface area contributed by atoms with E-state index in [1.165, 1.54) is 7.11 Å². The molecule has 3 aromatic rings. The molecule has 6 nitrogen and oxygen atoms in total. The standard InChI is InChI=1S/C22H20N2O4/c1-24-17-9-8-16(12-15(17)13-18(24)22(26)27-2)23-21(25)20-11-10-19(28-20)14-6-4-3-5-7-14/h3-10,12-13,20H,11H2,1-2H3,(H,23,25). The van der Waals surface area contributed by atoms with E-state index in [2.05, 4.69) is 5.32 Å². The van der Waals surface area contributed by atoms with Crippen LogP contribution in [0.1, 0.15) is 22.5 Å². The van der Waals surface area contributed by atoms with Crippen molar-refractivity contribution in [2.45, 2.75) is 12.5 Å². The first-order valence-electron chi connectivity index (χ1n) is 8.97. The molecule has 2 heterocycles.